The van der Waals surface area contributed by atoms with Crippen LogP contribution in [0.5, 0.6) is 5.75 Å². The van der Waals surface area contributed by atoms with E-state index in [2.05, 4.69) is 10.0 Å². The number of amides is 1. The third kappa shape index (κ3) is 4.00. The minimum atomic E-state index is -0.107. The number of allylic oxidation sites excluding steroid dienone is 1. The van der Waals surface area contributed by atoms with Gasteiger partial charge >= 0.3 is 0 Å². The quantitative estimate of drug-likeness (QED) is 0.804. The van der Waals surface area contributed by atoms with Crippen LogP contribution in [0.2, 0.25) is 0 Å². The molecule has 1 aromatic rings. The zero-order chi connectivity index (χ0) is 13.5. The summed E-state index contributed by atoms with van der Waals surface area (Å²) in [4.78, 5) is 12.9. The van der Waals surface area contributed by atoms with Crippen molar-refractivity contribution >= 4 is 17.9 Å². The molecule has 0 bridgehead atoms. The number of carbonyl (C=O) groups is 1. The first-order valence-electron chi connectivity index (χ1n) is 5.54. The third-order valence-electron chi connectivity index (χ3n) is 2.33. The van der Waals surface area contributed by atoms with Crippen molar-refractivity contribution in [2.45, 2.75) is 13.8 Å². The Balaban J connectivity index is 2.70. The van der Waals surface area contributed by atoms with Gasteiger partial charge in [-0.1, -0.05) is 0 Å². The number of nitrogens with one attached hydrogen (secondary N) is 2. The van der Waals surface area contributed by atoms with E-state index in [9.17, 15) is 4.79 Å². The van der Waals surface area contributed by atoms with E-state index in [0.717, 1.165) is 16.2 Å². The van der Waals surface area contributed by atoms with Crippen molar-refractivity contribution in [1.29, 1.82) is 0 Å². The van der Waals surface area contributed by atoms with Crippen LogP contribution < -0.4 is 14.8 Å². The fourth-order valence-corrected chi connectivity index (χ4v) is 1.97. The van der Waals surface area contributed by atoms with Gasteiger partial charge in [0.1, 0.15) is 5.75 Å². The van der Waals surface area contributed by atoms with Crippen molar-refractivity contribution in [1.82, 2.24) is 10.0 Å². The van der Waals surface area contributed by atoms with Crippen molar-refractivity contribution in [3.8, 4) is 5.75 Å². The van der Waals surface area contributed by atoms with Gasteiger partial charge in [-0.05, 0) is 49.6 Å². The molecule has 0 saturated heterocycles. The number of hydrogen-bond acceptors (Lipinski definition) is 4. The summed E-state index contributed by atoms with van der Waals surface area (Å²) in [5, 5.41) is 2.91. The number of hydrogen-bond donors (Lipinski definition) is 2. The highest BCUT2D eigenvalue weighted by atomic mass is 32.2. The van der Waals surface area contributed by atoms with Crippen molar-refractivity contribution < 1.29 is 9.53 Å². The molecule has 0 radical (unpaired) electrons. The summed E-state index contributed by atoms with van der Waals surface area (Å²) in [5.74, 6) is 0.645. The monoisotopic (exact) mass is 266 g/mol. The predicted molar refractivity (Wildman–Crippen MR) is 75.6 cm³/mol. The highest BCUT2D eigenvalue weighted by Crippen LogP contribution is 2.18. The topological polar surface area (TPSA) is 50.4 Å². The summed E-state index contributed by atoms with van der Waals surface area (Å²) in [5.41, 5.74) is 1.54. The number of methoxy groups -OCH3 is 1. The van der Waals surface area contributed by atoms with Gasteiger partial charge in [0.2, 0.25) is 0 Å². The van der Waals surface area contributed by atoms with Crippen LogP contribution in [0, 0.1) is 6.92 Å². The van der Waals surface area contributed by atoms with Crippen LogP contribution >= 0.6 is 11.9 Å². The van der Waals surface area contributed by atoms with Crippen molar-refractivity contribution in [2.75, 3.05) is 14.2 Å². The van der Waals surface area contributed by atoms with Crippen LogP contribution in [-0.4, -0.2) is 20.1 Å². The van der Waals surface area contributed by atoms with Crippen LogP contribution in [0.1, 0.15) is 22.8 Å². The number of benzene rings is 1. The van der Waals surface area contributed by atoms with Gasteiger partial charge in [-0.25, -0.2) is 0 Å². The van der Waals surface area contributed by atoms with Crippen molar-refractivity contribution in [3.05, 3.63) is 40.4 Å². The van der Waals surface area contributed by atoms with Crippen LogP contribution in [0.4, 0.5) is 0 Å². The summed E-state index contributed by atoms with van der Waals surface area (Å²) in [6.45, 7) is 3.81. The molecule has 0 spiro atoms. The second-order valence-corrected chi connectivity index (χ2v) is 4.81. The Morgan fingerprint density at radius 3 is 2.72 bits per heavy atom. The maximum atomic E-state index is 12.0. The van der Waals surface area contributed by atoms with Gasteiger partial charge < -0.3 is 10.1 Å². The summed E-state index contributed by atoms with van der Waals surface area (Å²) < 4.78 is 7.90. The Kier molecular flexibility index (Phi) is 5.58. The molecule has 0 fully saturated rings. The maximum Gasteiger partial charge on any atom is 0.261 e. The smallest absolute Gasteiger partial charge is 0.261 e. The van der Waals surface area contributed by atoms with Gasteiger partial charge in [0.05, 0.1) is 7.11 Å². The molecule has 5 heteroatoms. The number of aryl methyl sites for hydroxylation is 1. The standard InChI is InChI=1S/C13H18N2O2S/c1-9-7-11(17-4)5-6-12(9)13(16)15-18-10(2)8-14-3/h5-8,14H,1-4H3,(H,15,16)/b10-8-. The second-order valence-electron chi connectivity index (χ2n) is 3.76. The van der Waals surface area contributed by atoms with E-state index in [1.165, 1.54) is 11.9 Å². The fourth-order valence-electron chi connectivity index (χ4n) is 1.43. The van der Waals surface area contributed by atoms with E-state index in [1.807, 2.05) is 33.2 Å². The molecule has 0 saturated carbocycles. The lowest BCUT2D eigenvalue weighted by Gasteiger charge is -2.08. The second kappa shape index (κ2) is 6.96. The molecule has 1 rings (SSSR count). The Morgan fingerprint density at radius 2 is 2.17 bits per heavy atom. The van der Waals surface area contributed by atoms with Gasteiger partial charge in [0, 0.05) is 23.7 Å². The maximum absolute atomic E-state index is 12.0. The van der Waals surface area contributed by atoms with Gasteiger partial charge in [-0.15, -0.1) is 0 Å². The lowest BCUT2D eigenvalue weighted by atomic mass is 10.1. The van der Waals surface area contributed by atoms with Gasteiger partial charge in [0.25, 0.3) is 5.91 Å². The molecule has 0 aliphatic carbocycles. The molecule has 0 unspecified atom stereocenters. The lowest BCUT2D eigenvalue weighted by Crippen LogP contribution is -2.17. The first-order valence-corrected chi connectivity index (χ1v) is 6.36. The highest BCUT2D eigenvalue weighted by Gasteiger charge is 2.09. The number of ether oxygens (including phenoxy) is 1. The van der Waals surface area contributed by atoms with E-state index < -0.39 is 0 Å². The first-order chi connectivity index (χ1) is 8.58. The molecule has 0 aliphatic heterocycles. The SMILES string of the molecule is CN/C=C(/C)SNC(=O)c1ccc(OC)cc1C. The van der Waals surface area contributed by atoms with Gasteiger partial charge in [-0.3, -0.25) is 9.52 Å². The predicted octanol–water partition coefficient (Wildman–Crippen LogP) is 2.46. The molecule has 18 heavy (non-hydrogen) atoms. The third-order valence-corrected chi connectivity index (χ3v) is 3.06. The summed E-state index contributed by atoms with van der Waals surface area (Å²) in [6.07, 6.45) is 1.83. The first kappa shape index (κ1) is 14.4. The van der Waals surface area contributed by atoms with Crippen molar-refractivity contribution in [2.24, 2.45) is 0 Å². The summed E-state index contributed by atoms with van der Waals surface area (Å²) in [7, 11) is 3.43. The Labute approximate surface area is 112 Å². The van der Waals surface area contributed by atoms with Crippen LogP contribution in [0.15, 0.2) is 29.3 Å². The average Bonchev–Trinajstić information content (AvgIpc) is 2.36. The molecular formula is C13H18N2O2S. The molecule has 1 amide bonds. The number of rotatable bonds is 5. The molecule has 0 atom stereocenters. The van der Waals surface area contributed by atoms with E-state index in [1.54, 1.807) is 19.2 Å². The Bertz CT molecular complexity index is 458. The lowest BCUT2D eigenvalue weighted by molar-refractivity contribution is 0.0984. The molecular weight excluding hydrogens is 248 g/mol. The summed E-state index contributed by atoms with van der Waals surface area (Å²) in [6, 6.07) is 5.39. The molecule has 2 N–H and O–H groups in total. The zero-order valence-electron chi connectivity index (χ0n) is 11.0. The van der Waals surface area contributed by atoms with Crippen molar-refractivity contribution in [3.63, 3.8) is 0 Å². The van der Waals surface area contributed by atoms with Gasteiger partial charge in [-0.2, -0.15) is 0 Å². The number of carbonyl (C=O) groups excluding carboxylic acids is 1. The Hall–Kier alpha value is -1.62. The van der Waals surface area contributed by atoms with E-state index in [-0.39, 0.29) is 5.91 Å². The summed E-state index contributed by atoms with van der Waals surface area (Å²) >= 11 is 1.29. The Morgan fingerprint density at radius 1 is 1.44 bits per heavy atom. The molecule has 4 nitrogen and oxygen atoms in total. The largest absolute Gasteiger partial charge is 0.497 e. The van der Waals surface area contributed by atoms with Crippen LogP contribution in [0.3, 0.4) is 0 Å². The molecule has 98 valence electrons. The minimum absolute atomic E-state index is 0.107. The van der Waals surface area contributed by atoms with Gasteiger partial charge in [0.15, 0.2) is 0 Å². The normalized spacial score (nSPS) is 11.0. The van der Waals surface area contributed by atoms with Crippen LogP contribution in [0.25, 0.3) is 0 Å². The molecule has 0 aliphatic rings. The molecule has 0 heterocycles. The molecule has 1 aromatic carbocycles. The average molecular weight is 266 g/mol. The van der Waals surface area contributed by atoms with E-state index in [4.69, 9.17) is 4.74 Å². The molecule has 0 aromatic heterocycles. The highest BCUT2D eigenvalue weighted by molar-refractivity contribution is 8.01. The minimum Gasteiger partial charge on any atom is -0.497 e. The fraction of sp³-hybridized carbons (Fsp3) is 0.308. The van der Waals surface area contributed by atoms with Crippen LogP contribution in [-0.2, 0) is 0 Å². The van der Waals surface area contributed by atoms with E-state index in [0.29, 0.717) is 5.56 Å². The van der Waals surface area contributed by atoms with E-state index >= 15 is 0 Å². The zero-order valence-corrected chi connectivity index (χ0v) is 11.9.